The first kappa shape index (κ1) is 14.0. The van der Waals surface area contributed by atoms with Gasteiger partial charge in [-0.25, -0.2) is 0 Å². The van der Waals surface area contributed by atoms with Crippen molar-refractivity contribution in [3.05, 3.63) is 59.7 Å². The third kappa shape index (κ3) is 3.74. The van der Waals surface area contributed by atoms with Crippen molar-refractivity contribution in [1.82, 2.24) is 0 Å². The molecule has 2 rings (SSSR count). The molecular formula is C17H19ClO. The molecule has 0 heterocycles. The highest BCUT2D eigenvalue weighted by molar-refractivity contribution is 6.17. The van der Waals surface area contributed by atoms with Crippen LogP contribution < -0.4 is 4.74 Å². The summed E-state index contributed by atoms with van der Waals surface area (Å²) in [6.07, 6.45) is 1.00. The number of aryl methyl sites for hydroxylation is 1. The maximum atomic E-state index is 5.83. The Kier molecular flexibility index (Phi) is 4.86. The van der Waals surface area contributed by atoms with E-state index >= 15 is 0 Å². The molecule has 0 aliphatic heterocycles. The topological polar surface area (TPSA) is 9.23 Å². The van der Waals surface area contributed by atoms with E-state index in [0.717, 1.165) is 17.9 Å². The molecule has 0 aliphatic rings. The quantitative estimate of drug-likeness (QED) is 0.652. The smallest absolute Gasteiger partial charge is 0.127 e. The molecule has 0 aromatic heterocycles. The molecule has 100 valence electrons. The Balaban J connectivity index is 2.15. The summed E-state index contributed by atoms with van der Waals surface area (Å²) in [4.78, 5) is 0. The monoisotopic (exact) mass is 274 g/mol. The van der Waals surface area contributed by atoms with Gasteiger partial charge >= 0.3 is 0 Å². The fourth-order valence-electron chi connectivity index (χ4n) is 2.21. The molecule has 1 atom stereocenters. The summed E-state index contributed by atoms with van der Waals surface area (Å²) >= 11 is 5.81. The van der Waals surface area contributed by atoms with Crippen molar-refractivity contribution in [3.63, 3.8) is 0 Å². The Labute approximate surface area is 120 Å². The number of para-hydroxylation sites is 1. The minimum absolute atomic E-state index is 0.489. The molecule has 19 heavy (non-hydrogen) atoms. The van der Waals surface area contributed by atoms with E-state index in [9.17, 15) is 0 Å². The summed E-state index contributed by atoms with van der Waals surface area (Å²) in [5, 5.41) is 0. The number of rotatable bonds is 5. The van der Waals surface area contributed by atoms with Crippen LogP contribution in [0.15, 0.2) is 48.5 Å². The molecule has 0 saturated heterocycles. The largest absolute Gasteiger partial charge is 0.457 e. The van der Waals surface area contributed by atoms with Gasteiger partial charge in [-0.05, 0) is 54.7 Å². The lowest BCUT2D eigenvalue weighted by atomic mass is 9.94. The fourth-order valence-corrected chi connectivity index (χ4v) is 2.54. The van der Waals surface area contributed by atoms with Gasteiger partial charge in [0.25, 0.3) is 0 Å². The number of alkyl halides is 1. The fraction of sp³-hybridized carbons (Fsp3) is 0.294. The van der Waals surface area contributed by atoms with Crippen LogP contribution in [0.2, 0.25) is 0 Å². The third-order valence-corrected chi connectivity index (χ3v) is 3.51. The number of hydrogen-bond acceptors (Lipinski definition) is 1. The van der Waals surface area contributed by atoms with Gasteiger partial charge in [0.1, 0.15) is 11.5 Å². The lowest BCUT2D eigenvalue weighted by Gasteiger charge is -2.15. The van der Waals surface area contributed by atoms with Gasteiger partial charge in [0.15, 0.2) is 0 Å². The van der Waals surface area contributed by atoms with Crippen LogP contribution in [0.5, 0.6) is 11.5 Å². The normalized spacial score (nSPS) is 12.2. The van der Waals surface area contributed by atoms with Crippen LogP contribution in [0, 0.1) is 6.92 Å². The van der Waals surface area contributed by atoms with Gasteiger partial charge in [-0.1, -0.05) is 31.2 Å². The molecule has 0 bridgehead atoms. The Morgan fingerprint density at radius 3 is 2.42 bits per heavy atom. The van der Waals surface area contributed by atoms with Crippen LogP contribution >= 0.6 is 11.6 Å². The molecule has 2 heteroatoms. The molecule has 1 nitrogen and oxygen atoms in total. The minimum atomic E-state index is 0.489. The van der Waals surface area contributed by atoms with E-state index in [0.29, 0.717) is 11.8 Å². The molecule has 0 radical (unpaired) electrons. The molecule has 2 aromatic carbocycles. The summed E-state index contributed by atoms with van der Waals surface area (Å²) in [5.41, 5.74) is 2.60. The summed E-state index contributed by atoms with van der Waals surface area (Å²) < 4.78 is 5.83. The second-order valence-corrected chi connectivity index (χ2v) is 5.19. The molecule has 0 fully saturated rings. The zero-order chi connectivity index (χ0) is 13.7. The standard InChI is InChI=1S/C17H19ClO/c1-13(10-11-18)17-9-8-16(12-14(17)2)19-15-6-4-3-5-7-15/h3-9,12-13H,10-11H2,1-2H3. The predicted octanol–water partition coefficient (Wildman–Crippen LogP) is 5.52. The Morgan fingerprint density at radius 2 is 1.79 bits per heavy atom. The molecule has 1 unspecified atom stereocenters. The average Bonchev–Trinajstić information content (AvgIpc) is 2.40. The van der Waals surface area contributed by atoms with Crippen LogP contribution in [0.4, 0.5) is 0 Å². The van der Waals surface area contributed by atoms with E-state index in [1.807, 2.05) is 36.4 Å². The number of halogens is 1. The van der Waals surface area contributed by atoms with Crippen molar-refractivity contribution in [2.45, 2.75) is 26.2 Å². The lowest BCUT2D eigenvalue weighted by Crippen LogP contribution is -1.98. The zero-order valence-corrected chi connectivity index (χ0v) is 12.2. The summed E-state index contributed by atoms with van der Waals surface area (Å²) in [6.45, 7) is 4.33. The second-order valence-electron chi connectivity index (χ2n) is 4.81. The highest BCUT2D eigenvalue weighted by atomic mass is 35.5. The lowest BCUT2D eigenvalue weighted by molar-refractivity contribution is 0.481. The van der Waals surface area contributed by atoms with Gasteiger partial charge < -0.3 is 4.74 Å². The van der Waals surface area contributed by atoms with Crippen molar-refractivity contribution in [3.8, 4) is 11.5 Å². The maximum Gasteiger partial charge on any atom is 0.127 e. The highest BCUT2D eigenvalue weighted by Gasteiger charge is 2.09. The van der Waals surface area contributed by atoms with Gasteiger partial charge in [0.05, 0.1) is 0 Å². The van der Waals surface area contributed by atoms with E-state index in [-0.39, 0.29) is 0 Å². The van der Waals surface area contributed by atoms with Gasteiger partial charge in [0, 0.05) is 5.88 Å². The van der Waals surface area contributed by atoms with Gasteiger partial charge in [-0.3, -0.25) is 0 Å². The third-order valence-electron chi connectivity index (χ3n) is 3.29. The second kappa shape index (κ2) is 6.63. The first-order valence-electron chi connectivity index (χ1n) is 6.60. The zero-order valence-electron chi connectivity index (χ0n) is 11.4. The van der Waals surface area contributed by atoms with Gasteiger partial charge in [-0.15, -0.1) is 11.6 Å². The minimum Gasteiger partial charge on any atom is -0.457 e. The van der Waals surface area contributed by atoms with Crippen LogP contribution in [-0.2, 0) is 0 Å². The van der Waals surface area contributed by atoms with E-state index in [2.05, 4.69) is 26.0 Å². The Morgan fingerprint density at radius 1 is 1.05 bits per heavy atom. The van der Waals surface area contributed by atoms with E-state index in [1.165, 1.54) is 11.1 Å². The van der Waals surface area contributed by atoms with Crippen LogP contribution in [0.3, 0.4) is 0 Å². The average molecular weight is 275 g/mol. The van der Waals surface area contributed by atoms with E-state index < -0.39 is 0 Å². The van der Waals surface area contributed by atoms with E-state index in [1.54, 1.807) is 0 Å². The van der Waals surface area contributed by atoms with Gasteiger partial charge in [-0.2, -0.15) is 0 Å². The first-order valence-corrected chi connectivity index (χ1v) is 7.13. The Hall–Kier alpha value is -1.47. The van der Waals surface area contributed by atoms with Crippen molar-refractivity contribution in [2.24, 2.45) is 0 Å². The molecule has 0 aliphatic carbocycles. The van der Waals surface area contributed by atoms with Crippen molar-refractivity contribution in [1.29, 1.82) is 0 Å². The number of ether oxygens (including phenoxy) is 1. The molecule has 0 amide bonds. The van der Waals surface area contributed by atoms with Crippen LogP contribution in [-0.4, -0.2) is 5.88 Å². The highest BCUT2D eigenvalue weighted by Crippen LogP contribution is 2.28. The summed E-state index contributed by atoms with van der Waals surface area (Å²) in [5.74, 6) is 2.93. The SMILES string of the molecule is Cc1cc(Oc2ccccc2)ccc1C(C)CCCl. The van der Waals surface area contributed by atoms with Gasteiger partial charge in [0.2, 0.25) is 0 Å². The maximum absolute atomic E-state index is 5.83. The molecular weight excluding hydrogens is 256 g/mol. The van der Waals surface area contributed by atoms with E-state index in [4.69, 9.17) is 16.3 Å². The molecule has 0 spiro atoms. The van der Waals surface area contributed by atoms with Crippen LogP contribution in [0.25, 0.3) is 0 Å². The van der Waals surface area contributed by atoms with Crippen molar-refractivity contribution < 1.29 is 4.74 Å². The molecule has 2 aromatic rings. The Bertz CT molecular complexity index is 522. The summed E-state index contributed by atoms with van der Waals surface area (Å²) in [7, 11) is 0. The molecule has 0 saturated carbocycles. The number of hydrogen-bond donors (Lipinski definition) is 0. The van der Waals surface area contributed by atoms with Crippen LogP contribution in [0.1, 0.15) is 30.4 Å². The predicted molar refractivity (Wildman–Crippen MR) is 81.4 cm³/mol. The first-order chi connectivity index (χ1) is 9.20. The van der Waals surface area contributed by atoms with Crippen molar-refractivity contribution in [2.75, 3.05) is 5.88 Å². The number of benzene rings is 2. The van der Waals surface area contributed by atoms with Crippen molar-refractivity contribution >= 4 is 11.6 Å². The summed E-state index contributed by atoms with van der Waals surface area (Å²) in [6, 6.07) is 16.1. The molecule has 0 N–H and O–H groups in total.